The summed E-state index contributed by atoms with van der Waals surface area (Å²) < 4.78 is 5.66. The van der Waals surface area contributed by atoms with E-state index in [9.17, 15) is 4.79 Å². The van der Waals surface area contributed by atoms with Gasteiger partial charge in [-0.15, -0.1) is 0 Å². The van der Waals surface area contributed by atoms with Gasteiger partial charge < -0.3 is 9.64 Å². The minimum Gasteiger partial charge on any atom is -0.492 e. The molecule has 1 saturated heterocycles. The van der Waals surface area contributed by atoms with Gasteiger partial charge in [-0.3, -0.25) is 4.79 Å². The second kappa shape index (κ2) is 8.54. The first-order chi connectivity index (χ1) is 10.6. The molecule has 0 radical (unpaired) electrons. The fraction of sp³-hybridized carbons (Fsp3) is 0.611. The third-order valence-corrected chi connectivity index (χ3v) is 4.39. The zero-order chi connectivity index (χ0) is 15.9. The van der Waals surface area contributed by atoms with Crippen molar-refractivity contribution in [2.24, 2.45) is 0 Å². The Hall–Kier alpha value is -1.06. The molecule has 0 aromatic heterocycles. The SMILES string of the molecule is CCCOc1c(C)cc(C(=O)CCN2CCCCC2)cc1Cl. The fourth-order valence-electron chi connectivity index (χ4n) is 2.87. The molecule has 0 unspecified atom stereocenters. The van der Waals surface area contributed by atoms with E-state index < -0.39 is 0 Å². The van der Waals surface area contributed by atoms with E-state index in [0.29, 0.717) is 29.4 Å². The number of piperidine rings is 1. The summed E-state index contributed by atoms with van der Waals surface area (Å²) in [6.45, 7) is 7.74. The molecule has 1 aromatic rings. The predicted octanol–water partition coefficient (Wildman–Crippen LogP) is 4.50. The summed E-state index contributed by atoms with van der Waals surface area (Å²) in [5, 5.41) is 0.537. The van der Waals surface area contributed by atoms with Gasteiger partial charge in [0, 0.05) is 18.5 Å². The lowest BCUT2D eigenvalue weighted by atomic mass is 10.0. The molecule has 0 aliphatic carbocycles. The van der Waals surface area contributed by atoms with Crippen molar-refractivity contribution in [3.8, 4) is 5.75 Å². The molecule has 0 bridgehead atoms. The summed E-state index contributed by atoms with van der Waals surface area (Å²) in [7, 11) is 0. The largest absolute Gasteiger partial charge is 0.492 e. The lowest BCUT2D eigenvalue weighted by Gasteiger charge is -2.26. The van der Waals surface area contributed by atoms with Crippen LogP contribution in [-0.2, 0) is 0 Å². The Morgan fingerprint density at radius 2 is 2.00 bits per heavy atom. The van der Waals surface area contributed by atoms with E-state index in [4.69, 9.17) is 16.3 Å². The highest BCUT2D eigenvalue weighted by Gasteiger charge is 2.15. The molecule has 1 aromatic carbocycles. The van der Waals surface area contributed by atoms with Crippen molar-refractivity contribution < 1.29 is 9.53 Å². The Morgan fingerprint density at radius 3 is 2.64 bits per heavy atom. The molecule has 1 aliphatic heterocycles. The first kappa shape index (κ1) is 17.3. The van der Waals surface area contributed by atoms with Gasteiger partial charge in [-0.05, 0) is 57.0 Å². The number of carbonyl (C=O) groups is 1. The van der Waals surface area contributed by atoms with Crippen LogP contribution in [0.1, 0.15) is 54.9 Å². The molecule has 0 saturated carbocycles. The minimum absolute atomic E-state index is 0.164. The van der Waals surface area contributed by atoms with Gasteiger partial charge in [0.1, 0.15) is 5.75 Å². The van der Waals surface area contributed by atoms with Crippen LogP contribution >= 0.6 is 11.6 Å². The van der Waals surface area contributed by atoms with Crippen LogP contribution in [0.25, 0.3) is 0 Å². The summed E-state index contributed by atoms with van der Waals surface area (Å²) >= 11 is 6.28. The quantitative estimate of drug-likeness (QED) is 0.692. The van der Waals surface area contributed by atoms with Crippen molar-refractivity contribution in [1.29, 1.82) is 0 Å². The van der Waals surface area contributed by atoms with Crippen LogP contribution in [0.4, 0.5) is 0 Å². The first-order valence-electron chi connectivity index (χ1n) is 8.30. The smallest absolute Gasteiger partial charge is 0.164 e. The molecule has 4 heteroatoms. The van der Waals surface area contributed by atoms with Crippen molar-refractivity contribution in [1.82, 2.24) is 4.90 Å². The number of aryl methyl sites for hydroxylation is 1. The maximum Gasteiger partial charge on any atom is 0.164 e. The van der Waals surface area contributed by atoms with Crippen LogP contribution in [0.3, 0.4) is 0 Å². The monoisotopic (exact) mass is 323 g/mol. The highest BCUT2D eigenvalue weighted by atomic mass is 35.5. The molecule has 0 spiro atoms. The Balaban J connectivity index is 1.97. The summed E-state index contributed by atoms with van der Waals surface area (Å²) in [5.74, 6) is 0.869. The van der Waals surface area contributed by atoms with E-state index in [-0.39, 0.29) is 5.78 Å². The predicted molar refractivity (Wildman–Crippen MR) is 91.2 cm³/mol. The van der Waals surface area contributed by atoms with E-state index in [1.807, 2.05) is 13.0 Å². The lowest BCUT2D eigenvalue weighted by Crippen LogP contribution is -2.31. The molecule has 0 amide bonds. The van der Waals surface area contributed by atoms with Crippen molar-refractivity contribution in [2.45, 2.75) is 46.0 Å². The summed E-state index contributed by atoms with van der Waals surface area (Å²) in [6, 6.07) is 3.65. The molecule has 22 heavy (non-hydrogen) atoms. The van der Waals surface area contributed by atoms with Crippen molar-refractivity contribution in [3.05, 3.63) is 28.3 Å². The molecule has 0 N–H and O–H groups in total. The topological polar surface area (TPSA) is 29.5 Å². The minimum atomic E-state index is 0.164. The third-order valence-electron chi connectivity index (χ3n) is 4.11. The molecule has 1 fully saturated rings. The van der Waals surface area contributed by atoms with Gasteiger partial charge in [0.25, 0.3) is 0 Å². The molecular weight excluding hydrogens is 298 g/mol. The maximum atomic E-state index is 12.4. The molecule has 2 rings (SSSR count). The van der Waals surface area contributed by atoms with Gasteiger partial charge in [-0.2, -0.15) is 0 Å². The third kappa shape index (κ3) is 4.72. The standard InChI is InChI=1S/C18H26ClNO2/c1-3-11-22-18-14(2)12-15(13-16(18)19)17(21)7-10-20-8-5-4-6-9-20/h12-13H,3-11H2,1-2H3. The maximum absolute atomic E-state index is 12.4. The number of ketones is 1. The Morgan fingerprint density at radius 1 is 1.27 bits per heavy atom. The van der Waals surface area contributed by atoms with Crippen molar-refractivity contribution >= 4 is 17.4 Å². The molecule has 3 nitrogen and oxygen atoms in total. The zero-order valence-electron chi connectivity index (χ0n) is 13.7. The zero-order valence-corrected chi connectivity index (χ0v) is 14.4. The molecule has 0 atom stereocenters. The molecular formula is C18H26ClNO2. The van der Waals surface area contributed by atoms with Gasteiger partial charge in [-0.1, -0.05) is 24.9 Å². The number of Topliss-reactive ketones (excluding diaryl/α,β-unsaturated/α-hetero) is 1. The average Bonchev–Trinajstić information content (AvgIpc) is 2.52. The number of halogens is 1. The average molecular weight is 324 g/mol. The van der Waals surface area contributed by atoms with Crippen LogP contribution in [0.2, 0.25) is 5.02 Å². The number of ether oxygens (including phenoxy) is 1. The summed E-state index contributed by atoms with van der Waals surface area (Å²) in [5.41, 5.74) is 1.63. The second-order valence-electron chi connectivity index (χ2n) is 6.03. The van der Waals surface area contributed by atoms with E-state index in [2.05, 4.69) is 11.8 Å². The van der Waals surface area contributed by atoms with Crippen molar-refractivity contribution in [2.75, 3.05) is 26.2 Å². The number of rotatable bonds is 7. The number of hydrogen-bond acceptors (Lipinski definition) is 3. The van der Waals surface area contributed by atoms with Crippen LogP contribution in [-0.4, -0.2) is 36.9 Å². The number of benzene rings is 1. The van der Waals surface area contributed by atoms with Crippen LogP contribution in [0, 0.1) is 6.92 Å². The van der Waals surface area contributed by atoms with Crippen LogP contribution in [0.5, 0.6) is 5.75 Å². The van der Waals surface area contributed by atoms with Crippen molar-refractivity contribution in [3.63, 3.8) is 0 Å². The summed E-state index contributed by atoms with van der Waals surface area (Å²) in [6.07, 6.45) is 5.32. The van der Waals surface area contributed by atoms with Crippen LogP contribution in [0.15, 0.2) is 12.1 Å². The highest BCUT2D eigenvalue weighted by Crippen LogP contribution is 2.30. The molecule has 1 heterocycles. The second-order valence-corrected chi connectivity index (χ2v) is 6.44. The fourth-order valence-corrected chi connectivity index (χ4v) is 3.19. The van der Waals surface area contributed by atoms with Gasteiger partial charge >= 0.3 is 0 Å². The highest BCUT2D eigenvalue weighted by molar-refractivity contribution is 6.32. The first-order valence-corrected chi connectivity index (χ1v) is 8.68. The lowest BCUT2D eigenvalue weighted by molar-refractivity contribution is 0.0958. The molecule has 122 valence electrons. The van der Waals surface area contributed by atoms with Gasteiger partial charge in [0.05, 0.1) is 11.6 Å². The van der Waals surface area contributed by atoms with E-state index in [1.165, 1.54) is 19.3 Å². The Bertz CT molecular complexity index is 487. The summed E-state index contributed by atoms with van der Waals surface area (Å²) in [4.78, 5) is 14.8. The molecule has 1 aliphatic rings. The van der Waals surface area contributed by atoms with Gasteiger partial charge in [0.15, 0.2) is 5.78 Å². The van der Waals surface area contributed by atoms with Gasteiger partial charge in [-0.25, -0.2) is 0 Å². The van der Waals surface area contributed by atoms with Crippen LogP contribution < -0.4 is 4.74 Å². The normalized spacial score (nSPS) is 15.8. The van der Waals surface area contributed by atoms with Gasteiger partial charge in [0.2, 0.25) is 0 Å². The van der Waals surface area contributed by atoms with E-state index in [1.54, 1.807) is 6.07 Å². The number of likely N-dealkylation sites (tertiary alicyclic amines) is 1. The number of hydrogen-bond donors (Lipinski definition) is 0. The number of carbonyl (C=O) groups excluding carboxylic acids is 1. The van der Waals surface area contributed by atoms with E-state index >= 15 is 0 Å². The Labute approximate surface area is 138 Å². The Kier molecular flexibility index (Phi) is 6.71. The van der Waals surface area contributed by atoms with E-state index in [0.717, 1.165) is 31.6 Å². The number of nitrogens with zero attached hydrogens (tertiary/aromatic N) is 1.